The standard InChI is InChI=1S/C16H16O2/c1-2-4-12-11(3-1)5-6-14-13(12)7-8-15-16(14)18-10-9-17-15/h5-8H,1-4,9-10H2. The lowest BCUT2D eigenvalue weighted by molar-refractivity contribution is 0.174. The molecule has 18 heavy (non-hydrogen) atoms. The van der Waals surface area contributed by atoms with Gasteiger partial charge in [0, 0.05) is 5.39 Å². The van der Waals surface area contributed by atoms with Gasteiger partial charge in [-0.3, -0.25) is 0 Å². The summed E-state index contributed by atoms with van der Waals surface area (Å²) >= 11 is 0. The van der Waals surface area contributed by atoms with Crippen molar-refractivity contribution < 1.29 is 9.47 Å². The topological polar surface area (TPSA) is 18.5 Å². The Labute approximate surface area is 107 Å². The number of aryl methyl sites for hydroxylation is 2. The van der Waals surface area contributed by atoms with Crippen molar-refractivity contribution in [2.75, 3.05) is 13.2 Å². The molecule has 1 heterocycles. The van der Waals surface area contributed by atoms with Gasteiger partial charge in [-0.1, -0.05) is 18.2 Å². The molecule has 1 aliphatic heterocycles. The van der Waals surface area contributed by atoms with Gasteiger partial charge in [-0.15, -0.1) is 0 Å². The van der Waals surface area contributed by atoms with Crippen LogP contribution in [0.3, 0.4) is 0 Å². The summed E-state index contributed by atoms with van der Waals surface area (Å²) in [4.78, 5) is 0. The van der Waals surface area contributed by atoms with Crippen molar-refractivity contribution in [3.63, 3.8) is 0 Å². The van der Waals surface area contributed by atoms with Gasteiger partial charge in [-0.05, 0) is 48.3 Å². The molecule has 0 bridgehead atoms. The zero-order valence-electron chi connectivity index (χ0n) is 10.4. The summed E-state index contributed by atoms with van der Waals surface area (Å²) in [5.41, 5.74) is 3.04. The third kappa shape index (κ3) is 1.41. The predicted molar refractivity (Wildman–Crippen MR) is 71.6 cm³/mol. The van der Waals surface area contributed by atoms with E-state index in [1.165, 1.54) is 47.6 Å². The molecule has 0 radical (unpaired) electrons. The second-order valence-electron chi connectivity index (χ2n) is 5.10. The summed E-state index contributed by atoms with van der Waals surface area (Å²) in [5, 5.41) is 2.57. The van der Waals surface area contributed by atoms with Crippen LogP contribution in [0.1, 0.15) is 24.0 Å². The fourth-order valence-corrected chi connectivity index (χ4v) is 3.17. The SMILES string of the molecule is c1cc2c3c(ccc2c2c1CCCC2)OCCO3. The molecule has 4 rings (SSSR count). The van der Waals surface area contributed by atoms with E-state index >= 15 is 0 Å². The van der Waals surface area contributed by atoms with Crippen molar-refractivity contribution in [3.05, 3.63) is 35.4 Å². The molecule has 0 saturated carbocycles. The van der Waals surface area contributed by atoms with E-state index in [1.54, 1.807) is 0 Å². The summed E-state index contributed by atoms with van der Waals surface area (Å²) < 4.78 is 11.5. The van der Waals surface area contributed by atoms with Gasteiger partial charge in [-0.2, -0.15) is 0 Å². The first-order valence-electron chi connectivity index (χ1n) is 6.76. The zero-order chi connectivity index (χ0) is 11.9. The largest absolute Gasteiger partial charge is 0.486 e. The van der Waals surface area contributed by atoms with E-state index in [0.717, 1.165) is 11.5 Å². The van der Waals surface area contributed by atoms with E-state index in [1.807, 2.05) is 0 Å². The van der Waals surface area contributed by atoms with Gasteiger partial charge in [0.05, 0.1) is 0 Å². The Morgan fingerprint density at radius 3 is 2.61 bits per heavy atom. The lowest BCUT2D eigenvalue weighted by atomic mass is 9.87. The van der Waals surface area contributed by atoms with Crippen LogP contribution in [-0.2, 0) is 12.8 Å². The average molecular weight is 240 g/mol. The fourth-order valence-electron chi connectivity index (χ4n) is 3.17. The molecule has 2 nitrogen and oxygen atoms in total. The Bertz CT molecular complexity index is 561. The third-order valence-corrected chi connectivity index (χ3v) is 4.03. The van der Waals surface area contributed by atoms with Crippen LogP contribution < -0.4 is 9.47 Å². The van der Waals surface area contributed by atoms with Gasteiger partial charge in [-0.25, -0.2) is 0 Å². The molecule has 0 unspecified atom stereocenters. The van der Waals surface area contributed by atoms with Crippen LogP contribution >= 0.6 is 0 Å². The van der Waals surface area contributed by atoms with Crippen molar-refractivity contribution in [1.29, 1.82) is 0 Å². The van der Waals surface area contributed by atoms with Gasteiger partial charge in [0.1, 0.15) is 13.2 Å². The van der Waals surface area contributed by atoms with Crippen molar-refractivity contribution in [2.45, 2.75) is 25.7 Å². The first kappa shape index (κ1) is 10.2. The van der Waals surface area contributed by atoms with E-state index < -0.39 is 0 Å². The number of rotatable bonds is 0. The minimum atomic E-state index is 0.656. The van der Waals surface area contributed by atoms with Crippen LogP contribution in [-0.4, -0.2) is 13.2 Å². The maximum atomic E-state index is 5.80. The highest BCUT2D eigenvalue weighted by atomic mass is 16.6. The molecule has 0 saturated heterocycles. The lowest BCUT2D eigenvalue weighted by Gasteiger charge is -2.23. The Morgan fingerprint density at radius 2 is 1.61 bits per heavy atom. The van der Waals surface area contributed by atoms with E-state index in [4.69, 9.17) is 9.47 Å². The minimum absolute atomic E-state index is 0.656. The first-order valence-corrected chi connectivity index (χ1v) is 6.76. The third-order valence-electron chi connectivity index (χ3n) is 4.03. The maximum absolute atomic E-state index is 5.80. The Hall–Kier alpha value is -1.70. The highest BCUT2D eigenvalue weighted by Gasteiger charge is 2.18. The Morgan fingerprint density at radius 1 is 0.778 bits per heavy atom. The maximum Gasteiger partial charge on any atom is 0.169 e. The normalized spacial score (nSPS) is 17.6. The van der Waals surface area contributed by atoms with Gasteiger partial charge >= 0.3 is 0 Å². The van der Waals surface area contributed by atoms with Crippen LogP contribution in [0.4, 0.5) is 0 Å². The quantitative estimate of drug-likeness (QED) is 0.701. The molecule has 0 spiro atoms. The fraction of sp³-hybridized carbons (Fsp3) is 0.375. The van der Waals surface area contributed by atoms with Crippen molar-refractivity contribution in [1.82, 2.24) is 0 Å². The number of fused-ring (bicyclic) bond motifs is 5. The van der Waals surface area contributed by atoms with E-state index in [9.17, 15) is 0 Å². The molecule has 0 amide bonds. The Kier molecular flexibility index (Phi) is 2.22. The summed E-state index contributed by atoms with van der Waals surface area (Å²) in [7, 11) is 0. The predicted octanol–water partition coefficient (Wildman–Crippen LogP) is 3.49. The van der Waals surface area contributed by atoms with E-state index in [0.29, 0.717) is 13.2 Å². The van der Waals surface area contributed by atoms with Crippen LogP contribution in [0.2, 0.25) is 0 Å². The molecule has 0 fully saturated rings. The molecule has 0 N–H and O–H groups in total. The van der Waals surface area contributed by atoms with Crippen LogP contribution in [0.5, 0.6) is 11.5 Å². The Balaban J connectivity index is 2.01. The van der Waals surface area contributed by atoms with Gasteiger partial charge in [0.15, 0.2) is 11.5 Å². The number of ether oxygens (including phenoxy) is 2. The van der Waals surface area contributed by atoms with Gasteiger partial charge < -0.3 is 9.47 Å². The molecule has 92 valence electrons. The molecular formula is C16H16O2. The number of benzene rings is 2. The minimum Gasteiger partial charge on any atom is -0.486 e. The average Bonchev–Trinajstić information content (AvgIpc) is 2.46. The van der Waals surface area contributed by atoms with Gasteiger partial charge in [0.25, 0.3) is 0 Å². The second kappa shape index (κ2) is 3.91. The van der Waals surface area contributed by atoms with Crippen LogP contribution in [0, 0.1) is 0 Å². The van der Waals surface area contributed by atoms with Crippen molar-refractivity contribution >= 4 is 10.8 Å². The summed E-state index contributed by atoms with van der Waals surface area (Å²) in [5.74, 6) is 1.83. The summed E-state index contributed by atoms with van der Waals surface area (Å²) in [6.07, 6.45) is 5.05. The first-order chi connectivity index (χ1) is 8.93. The molecule has 2 aromatic rings. The second-order valence-corrected chi connectivity index (χ2v) is 5.10. The summed E-state index contributed by atoms with van der Waals surface area (Å²) in [6.45, 7) is 1.31. The monoisotopic (exact) mass is 240 g/mol. The van der Waals surface area contributed by atoms with E-state index in [2.05, 4.69) is 24.3 Å². The molecular weight excluding hydrogens is 224 g/mol. The number of hydrogen-bond acceptors (Lipinski definition) is 2. The lowest BCUT2D eigenvalue weighted by Crippen LogP contribution is -2.15. The van der Waals surface area contributed by atoms with Crippen LogP contribution in [0.25, 0.3) is 10.8 Å². The van der Waals surface area contributed by atoms with Gasteiger partial charge in [0.2, 0.25) is 0 Å². The van der Waals surface area contributed by atoms with Crippen molar-refractivity contribution in [2.24, 2.45) is 0 Å². The molecule has 1 aliphatic carbocycles. The number of hydrogen-bond donors (Lipinski definition) is 0. The highest BCUT2D eigenvalue weighted by molar-refractivity contribution is 5.94. The molecule has 2 heteroatoms. The molecule has 2 aliphatic rings. The smallest absolute Gasteiger partial charge is 0.169 e. The van der Waals surface area contributed by atoms with E-state index in [-0.39, 0.29) is 0 Å². The summed E-state index contributed by atoms with van der Waals surface area (Å²) in [6, 6.07) is 8.74. The highest BCUT2D eigenvalue weighted by Crippen LogP contribution is 2.40. The zero-order valence-corrected chi connectivity index (χ0v) is 10.4. The molecule has 2 aromatic carbocycles. The molecule has 0 atom stereocenters. The van der Waals surface area contributed by atoms with Crippen LogP contribution in [0.15, 0.2) is 24.3 Å². The van der Waals surface area contributed by atoms with Crippen molar-refractivity contribution in [3.8, 4) is 11.5 Å². The molecule has 0 aromatic heterocycles.